The smallest absolute Gasteiger partial charge is 0.220 e. The molecule has 1 fully saturated rings. The molecule has 1 heterocycles. The van der Waals surface area contributed by atoms with Crippen molar-refractivity contribution < 1.29 is 13.9 Å². The molecule has 3 rings (SSSR count). The van der Waals surface area contributed by atoms with Gasteiger partial charge in [0, 0.05) is 40.4 Å². The van der Waals surface area contributed by atoms with Gasteiger partial charge in [-0.2, -0.15) is 0 Å². The molecule has 144 valence electrons. The summed E-state index contributed by atoms with van der Waals surface area (Å²) < 4.78 is 20.8. The third kappa shape index (κ3) is 4.81. The van der Waals surface area contributed by atoms with Crippen LogP contribution in [0.2, 0.25) is 10.0 Å². The lowest BCUT2D eigenvalue weighted by Gasteiger charge is -2.43. The highest BCUT2D eigenvalue weighted by atomic mass is 35.5. The number of benzene rings is 2. The van der Waals surface area contributed by atoms with Crippen molar-refractivity contribution in [3.8, 4) is 0 Å². The third-order valence-electron chi connectivity index (χ3n) is 4.89. The lowest BCUT2D eigenvalue weighted by molar-refractivity contribution is -0.128. The van der Waals surface area contributed by atoms with Gasteiger partial charge in [0.25, 0.3) is 0 Å². The van der Waals surface area contributed by atoms with Crippen molar-refractivity contribution in [2.75, 3.05) is 0 Å². The standard InChI is InChI=1S/C21H22Cl2FNO2/c1-3-20(26)25-21(2)11-18(13-5-4-6-14(22)9-13)27-19(12-21)16-8-7-15(23)10-17(16)24/h4-10,18-19H,3,11-12H2,1-2H3,(H,25,26)/t18-,19+,21-/m0/s1. The van der Waals surface area contributed by atoms with Gasteiger partial charge in [-0.3, -0.25) is 4.79 Å². The summed E-state index contributed by atoms with van der Waals surface area (Å²) in [5.74, 6) is -0.456. The summed E-state index contributed by atoms with van der Waals surface area (Å²) in [5.41, 5.74) is 0.802. The van der Waals surface area contributed by atoms with Gasteiger partial charge < -0.3 is 10.1 Å². The van der Waals surface area contributed by atoms with Crippen LogP contribution >= 0.6 is 23.2 Å². The maximum atomic E-state index is 14.5. The molecule has 0 bridgehead atoms. The highest BCUT2D eigenvalue weighted by molar-refractivity contribution is 6.30. The average Bonchev–Trinajstić information content (AvgIpc) is 2.60. The van der Waals surface area contributed by atoms with E-state index < -0.39 is 17.5 Å². The Hall–Kier alpha value is -1.62. The molecule has 0 saturated carbocycles. The second-order valence-electron chi connectivity index (χ2n) is 7.20. The SMILES string of the molecule is CCC(=O)N[C@@]1(C)C[C@@H](c2cccc(Cl)c2)O[C@@H](c2ccc(Cl)cc2F)C1. The highest BCUT2D eigenvalue weighted by Gasteiger charge is 2.40. The number of carbonyl (C=O) groups is 1. The largest absolute Gasteiger partial charge is 0.365 e. The zero-order valence-electron chi connectivity index (χ0n) is 15.3. The van der Waals surface area contributed by atoms with Gasteiger partial charge in [0.1, 0.15) is 5.82 Å². The van der Waals surface area contributed by atoms with E-state index in [1.165, 1.54) is 6.07 Å². The lowest BCUT2D eigenvalue weighted by atomic mass is 9.81. The molecule has 3 nitrogen and oxygen atoms in total. The minimum atomic E-state index is -0.533. The molecule has 0 aromatic heterocycles. The Balaban J connectivity index is 1.96. The molecule has 0 spiro atoms. The molecule has 1 saturated heterocycles. The fourth-order valence-corrected chi connectivity index (χ4v) is 3.93. The predicted molar refractivity (Wildman–Crippen MR) is 106 cm³/mol. The molecule has 1 aliphatic heterocycles. The second-order valence-corrected chi connectivity index (χ2v) is 8.08. The number of amides is 1. The summed E-state index contributed by atoms with van der Waals surface area (Å²) in [6, 6.07) is 12.0. The Morgan fingerprint density at radius 2 is 1.89 bits per heavy atom. The van der Waals surface area contributed by atoms with Crippen molar-refractivity contribution in [1.29, 1.82) is 0 Å². The van der Waals surface area contributed by atoms with E-state index in [2.05, 4.69) is 5.32 Å². The van der Waals surface area contributed by atoms with Crippen LogP contribution in [0, 0.1) is 5.82 Å². The van der Waals surface area contributed by atoms with Crippen LogP contribution in [-0.2, 0) is 9.53 Å². The van der Waals surface area contributed by atoms with Crippen molar-refractivity contribution in [2.24, 2.45) is 0 Å². The number of halogens is 3. The number of ether oxygens (including phenoxy) is 1. The summed E-state index contributed by atoms with van der Waals surface area (Å²) in [5, 5.41) is 4.03. The van der Waals surface area contributed by atoms with Gasteiger partial charge in [0.05, 0.1) is 12.2 Å². The minimum absolute atomic E-state index is 0.0421. The van der Waals surface area contributed by atoms with Crippen LogP contribution in [0.25, 0.3) is 0 Å². The number of nitrogens with one attached hydrogen (secondary N) is 1. The third-order valence-corrected chi connectivity index (χ3v) is 5.36. The first-order chi connectivity index (χ1) is 12.8. The van der Waals surface area contributed by atoms with Crippen molar-refractivity contribution in [2.45, 2.75) is 50.9 Å². The monoisotopic (exact) mass is 409 g/mol. The van der Waals surface area contributed by atoms with E-state index in [1.54, 1.807) is 18.2 Å². The van der Waals surface area contributed by atoms with E-state index in [-0.39, 0.29) is 12.0 Å². The molecule has 2 aromatic carbocycles. The first kappa shape index (κ1) is 20.1. The molecule has 3 atom stereocenters. The molecule has 27 heavy (non-hydrogen) atoms. The average molecular weight is 410 g/mol. The van der Waals surface area contributed by atoms with Gasteiger partial charge >= 0.3 is 0 Å². The maximum absolute atomic E-state index is 14.5. The zero-order chi connectivity index (χ0) is 19.6. The Morgan fingerprint density at radius 1 is 1.19 bits per heavy atom. The van der Waals surface area contributed by atoms with E-state index in [1.807, 2.05) is 32.0 Å². The number of hydrogen-bond donors (Lipinski definition) is 1. The molecule has 1 N–H and O–H groups in total. The van der Waals surface area contributed by atoms with Gasteiger partial charge in [-0.15, -0.1) is 0 Å². The van der Waals surface area contributed by atoms with Gasteiger partial charge in [-0.25, -0.2) is 4.39 Å². The van der Waals surface area contributed by atoms with Crippen molar-refractivity contribution in [3.63, 3.8) is 0 Å². The second kappa shape index (κ2) is 8.17. The summed E-state index contributed by atoms with van der Waals surface area (Å²) in [7, 11) is 0. The zero-order valence-corrected chi connectivity index (χ0v) is 16.8. The van der Waals surface area contributed by atoms with Crippen molar-refractivity contribution in [1.82, 2.24) is 5.32 Å². The molecule has 0 radical (unpaired) electrons. The van der Waals surface area contributed by atoms with Crippen molar-refractivity contribution in [3.05, 3.63) is 69.5 Å². The van der Waals surface area contributed by atoms with Gasteiger partial charge in [0.15, 0.2) is 0 Å². The van der Waals surface area contributed by atoms with E-state index in [0.29, 0.717) is 34.9 Å². The van der Waals surface area contributed by atoms with E-state index in [0.717, 1.165) is 5.56 Å². The molecule has 1 amide bonds. The minimum Gasteiger partial charge on any atom is -0.365 e. The molecule has 6 heteroatoms. The molecule has 0 unspecified atom stereocenters. The lowest BCUT2D eigenvalue weighted by Crippen LogP contribution is -2.50. The maximum Gasteiger partial charge on any atom is 0.220 e. The van der Waals surface area contributed by atoms with E-state index in [4.69, 9.17) is 27.9 Å². The highest BCUT2D eigenvalue weighted by Crippen LogP contribution is 2.44. The Labute approximate surface area is 168 Å². The molecule has 2 aromatic rings. The molecular weight excluding hydrogens is 388 g/mol. The number of rotatable bonds is 4. The molecule has 1 aliphatic rings. The van der Waals surface area contributed by atoms with Crippen LogP contribution in [-0.4, -0.2) is 11.4 Å². The fraction of sp³-hybridized carbons (Fsp3) is 0.381. The van der Waals surface area contributed by atoms with Gasteiger partial charge in [-0.05, 0) is 36.8 Å². The summed E-state index contributed by atoms with van der Waals surface area (Å²) in [6.45, 7) is 3.78. The van der Waals surface area contributed by atoms with Crippen LogP contribution in [0.15, 0.2) is 42.5 Å². The van der Waals surface area contributed by atoms with Crippen LogP contribution in [0.1, 0.15) is 56.4 Å². The van der Waals surface area contributed by atoms with E-state index in [9.17, 15) is 9.18 Å². The van der Waals surface area contributed by atoms with Gasteiger partial charge in [0.2, 0.25) is 5.91 Å². The van der Waals surface area contributed by atoms with Crippen LogP contribution in [0.4, 0.5) is 4.39 Å². The van der Waals surface area contributed by atoms with Crippen molar-refractivity contribution >= 4 is 29.1 Å². The van der Waals surface area contributed by atoms with Gasteiger partial charge in [-0.1, -0.05) is 48.3 Å². The first-order valence-electron chi connectivity index (χ1n) is 8.96. The number of carbonyl (C=O) groups excluding carboxylic acids is 1. The summed E-state index contributed by atoms with van der Waals surface area (Å²) >= 11 is 12.0. The first-order valence-corrected chi connectivity index (χ1v) is 9.72. The van der Waals surface area contributed by atoms with E-state index >= 15 is 0 Å². The summed E-state index contributed by atoms with van der Waals surface area (Å²) in [6.07, 6.45) is 0.596. The predicted octanol–water partition coefficient (Wildman–Crippen LogP) is 6.01. The Morgan fingerprint density at radius 3 is 2.56 bits per heavy atom. The fourth-order valence-electron chi connectivity index (χ4n) is 3.57. The normalized spacial score (nSPS) is 25.2. The molecule has 0 aliphatic carbocycles. The summed E-state index contributed by atoms with van der Waals surface area (Å²) in [4.78, 5) is 12.1. The van der Waals surface area contributed by atoms with Crippen LogP contribution in [0.3, 0.4) is 0 Å². The van der Waals surface area contributed by atoms with Crippen LogP contribution < -0.4 is 5.32 Å². The number of hydrogen-bond acceptors (Lipinski definition) is 2. The Bertz CT molecular complexity index is 845. The Kier molecular flexibility index (Phi) is 6.09. The molecular formula is C21H22Cl2FNO2. The topological polar surface area (TPSA) is 38.3 Å². The quantitative estimate of drug-likeness (QED) is 0.671. The van der Waals surface area contributed by atoms with Crippen LogP contribution in [0.5, 0.6) is 0 Å².